The molecule has 0 amide bonds. The van der Waals surface area contributed by atoms with Crippen LogP contribution >= 0.6 is 0 Å². The summed E-state index contributed by atoms with van der Waals surface area (Å²) in [7, 11) is 0. The highest BCUT2D eigenvalue weighted by molar-refractivity contribution is 5.92. The maximum atomic E-state index is 12.9. The summed E-state index contributed by atoms with van der Waals surface area (Å²) in [5, 5.41) is 26.0. The summed E-state index contributed by atoms with van der Waals surface area (Å²) in [6.07, 6.45) is 5.16. The van der Waals surface area contributed by atoms with Crippen LogP contribution in [-0.2, 0) is 9.53 Å². The quantitative estimate of drug-likeness (QED) is 0.294. The molecule has 2 aromatic rings. The minimum atomic E-state index is -0.851. The van der Waals surface area contributed by atoms with Crippen molar-refractivity contribution in [1.29, 1.82) is 0 Å². The van der Waals surface area contributed by atoms with Gasteiger partial charge in [-0.1, -0.05) is 49.8 Å². The van der Waals surface area contributed by atoms with E-state index in [9.17, 15) is 14.9 Å². The number of anilines is 1. The number of aromatic nitrogens is 4. The predicted molar refractivity (Wildman–Crippen MR) is 105 cm³/mol. The number of carbonyl (C=O) groups is 1. The molecular formula is C19H24N6O4. The first-order chi connectivity index (χ1) is 14.0. The molecule has 10 nitrogen and oxygen atoms in total. The molecule has 1 aliphatic rings. The molecule has 0 bridgehead atoms. The van der Waals surface area contributed by atoms with E-state index >= 15 is 0 Å². The molecule has 2 heterocycles. The molecule has 3 rings (SSSR count). The number of hydrogen-bond donors (Lipinski definition) is 1. The molecule has 1 N–H and O–H groups in total. The smallest absolute Gasteiger partial charge is 0.338 e. The van der Waals surface area contributed by atoms with Gasteiger partial charge in [0.1, 0.15) is 6.04 Å². The van der Waals surface area contributed by atoms with Crippen molar-refractivity contribution in [1.82, 2.24) is 20.2 Å². The van der Waals surface area contributed by atoms with Crippen molar-refractivity contribution in [2.75, 3.05) is 11.9 Å². The zero-order valence-corrected chi connectivity index (χ0v) is 16.5. The van der Waals surface area contributed by atoms with Crippen molar-refractivity contribution in [2.45, 2.75) is 52.0 Å². The number of esters is 1. The van der Waals surface area contributed by atoms with Gasteiger partial charge in [-0.05, 0) is 29.8 Å². The van der Waals surface area contributed by atoms with Gasteiger partial charge < -0.3 is 10.1 Å². The zero-order chi connectivity index (χ0) is 20.8. The highest BCUT2D eigenvalue weighted by atomic mass is 16.6. The van der Waals surface area contributed by atoms with Crippen molar-refractivity contribution in [3.8, 4) is 0 Å². The highest BCUT2D eigenvalue weighted by Crippen LogP contribution is 2.38. The molecule has 0 radical (unpaired) electrons. The average Bonchev–Trinajstić information content (AvgIpc) is 3.17. The largest absolute Gasteiger partial charge is 0.462 e. The summed E-state index contributed by atoms with van der Waals surface area (Å²) < 4.78 is 6.86. The van der Waals surface area contributed by atoms with Crippen LogP contribution in [-0.4, -0.2) is 37.7 Å². The maximum Gasteiger partial charge on any atom is 0.338 e. The summed E-state index contributed by atoms with van der Waals surface area (Å²) in [5.41, 5.74) is 0.972. The van der Waals surface area contributed by atoms with E-state index in [4.69, 9.17) is 4.74 Å². The molecule has 1 atom stereocenters. The number of carbonyl (C=O) groups excluding carboxylic acids is 1. The Bertz CT molecular complexity index is 923. The number of nitrogens with zero attached hydrogens (tertiary/aromatic N) is 5. The van der Waals surface area contributed by atoms with E-state index < -0.39 is 16.9 Å². The first-order valence-corrected chi connectivity index (χ1v) is 9.70. The zero-order valence-electron chi connectivity index (χ0n) is 16.5. The van der Waals surface area contributed by atoms with E-state index in [-0.39, 0.29) is 11.3 Å². The highest BCUT2D eigenvalue weighted by Gasteiger charge is 2.38. The van der Waals surface area contributed by atoms with Crippen LogP contribution < -0.4 is 5.32 Å². The normalized spacial score (nSPS) is 15.6. The van der Waals surface area contributed by atoms with Crippen LogP contribution in [0.5, 0.6) is 0 Å². The molecule has 1 aromatic carbocycles. The number of unbranched alkanes of at least 4 members (excludes halogenated alkanes) is 4. The molecule has 0 spiro atoms. The molecule has 1 aliphatic heterocycles. The number of hydrogen-bond acceptors (Lipinski definition) is 8. The Labute approximate surface area is 168 Å². The van der Waals surface area contributed by atoms with Gasteiger partial charge in [0.05, 0.1) is 22.7 Å². The lowest BCUT2D eigenvalue weighted by Crippen LogP contribution is -2.30. The summed E-state index contributed by atoms with van der Waals surface area (Å²) in [6.45, 7) is 4.14. The number of allylic oxidation sites excluding steroid dienone is 1. The molecular weight excluding hydrogens is 376 g/mol. The minimum Gasteiger partial charge on any atom is -0.462 e. The number of rotatable bonds is 9. The van der Waals surface area contributed by atoms with Crippen LogP contribution in [0.25, 0.3) is 0 Å². The number of tetrazole rings is 1. The molecule has 1 aromatic heterocycles. The Balaban J connectivity index is 1.88. The topological polar surface area (TPSA) is 125 Å². The van der Waals surface area contributed by atoms with Gasteiger partial charge in [0.2, 0.25) is 5.95 Å². The van der Waals surface area contributed by atoms with Crippen LogP contribution in [0, 0.1) is 10.1 Å². The van der Waals surface area contributed by atoms with E-state index in [0.717, 1.165) is 32.1 Å². The summed E-state index contributed by atoms with van der Waals surface area (Å²) in [4.78, 5) is 24.0. The second-order valence-corrected chi connectivity index (χ2v) is 6.88. The van der Waals surface area contributed by atoms with Crippen molar-refractivity contribution in [3.63, 3.8) is 0 Å². The average molecular weight is 400 g/mol. The van der Waals surface area contributed by atoms with Crippen LogP contribution in [0.4, 0.5) is 11.6 Å². The van der Waals surface area contributed by atoms with E-state index in [1.165, 1.54) is 10.7 Å². The number of benzene rings is 1. The monoisotopic (exact) mass is 400 g/mol. The fourth-order valence-electron chi connectivity index (χ4n) is 3.40. The SMILES string of the molecule is CCCCCCCOC(=O)C1=C(C)Nc2nnnn2[C@H]1c1ccccc1[N+](=O)[O-]. The minimum absolute atomic E-state index is 0.112. The fraction of sp³-hybridized carbons (Fsp3) is 0.474. The predicted octanol–water partition coefficient (Wildman–Crippen LogP) is 3.38. The van der Waals surface area contributed by atoms with Gasteiger partial charge in [0, 0.05) is 11.8 Å². The number of nitrogens with one attached hydrogen (secondary N) is 1. The van der Waals surface area contributed by atoms with Crippen LogP contribution in [0.2, 0.25) is 0 Å². The summed E-state index contributed by atoms with van der Waals surface area (Å²) in [5.74, 6) is -0.225. The standard InChI is InChI=1S/C19H24N6O4/c1-3-4-5-6-9-12-29-18(26)16-13(2)20-19-21-22-23-24(19)17(16)14-10-7-8-11-15(14)25(27)28/h7-8,10-11,17H,3-6,9,12H2,1-2H3,(H,20,21,23)/t17-/m0/s1. The lowest BCUT2D eigenvalue weighted by atomic mass is 9.94. The van der Waals surface area contributed by atoms with E-state index in [0.29, 0.717) is 23.8 Å². The van der Waals surface area contributed by atoms with E-state index in [1.54, 1.807) is 25.1 Å². The lowest BCUT2D eigenvalue weighted by Gasteiger charge is -2.27. The third-order valence-corrected chi connectivity index (χ3v) is 4.84. The second-order valence-electron chi connectivity index (χ2n) is 6.88. The van der Waals surface area contributed by atoms with Crippen molar-refractivity contribution in [2.24, 2.45) is 0 Å². The van der Waals surface area contributed by atoms with Gasteiger partial charge in [-0.2, -0.15) is 4.68 Å². The fourth-order valence-corrected chi connectivity index (χ4v) is 3.40. The number of fused-ring (bicyclic) bond motifs is 1. The summed E-state index contributed by atoms with van der Waals surface area (Å²) >= 11 is 0. The van der Waals surface area contributed by atoms with Gasteiger partial charge in [-0.25, -0.2) is 4.79 Å². The lowest BCUT2D eigenvalue weighted by molar-refractivity contribution is -0.385. The van der Waals surface area contributed by atoms with Gasteiger partial charge in [0.25, 0.3) is 5.69 Å². The molecule has 0 saturated heterocycles. The third-order valence-electron chi connectivity index (χ3n) is 4.84. The van der Waals surface area contributed by atoms with Gasteiger partial charge in [0.15, 0.2) is 0 Å². The molecule has 29 heavy (non-hydrogen) atoms. The second kappa shape index (κ2) is 9.26. The first-order valence-electron chi connectivity index (χ1n) is 9.70. The maximum absolute atomic E-state index is 12.9. The third kappa shape index (κ3) is 4.41. The van der Waals surface area contributed by atoms with Crippen molar-refractivity contribution < 1.29 is 14.5 Å². The van der Waals surface area contributed by atoms with Gasteiger partial charge >= 0.3 is 5.97 Å². The van der Waals surface area contributed by atoms with Crippen molar-refractivity contribution in [3.05, 3.63) is 51.2 Å². The van der Waals surface area contributed by atoms with Gasteiger partial charge in [-0.3, -0.25) is 10.1 Å². The molecule has 10 heteroatoms. The number of para-hydroxylation sites is 1. The Morgan fingerprint density at radius 3 is 2.79 bits per heavy atom. The molecule has 0 unspecified atom stereocenters. The Hall–Kier alpha value is -3.30. The van der Waals surface area contributed by atoms with Crippen molar-refractivity contribution >= 4 is 17.6 Å². The molecule has 0 aliphatic carbocycles. The number of nitro benzene ring substituents is 1. The number of nitro groups is 1. The summed E-state index contributed by atoms with van der Waals surface area (Å²) in [6, 6.07) is 5.41. The Morgan fingerprint density at radius 1 is 1.28 bits per heavy atom. The molecule has 0 fully saturated rings. The number of ether oxygens (including phenoxy) is 1. The van der Waals surface area contributed by atoms with Crippen LogP contribution in [0.15, 0.2) is 35.5 Å². The van der Waals surface area contributed by atoms with Crippen LogP contribution in [0.3, 0.4) is 0 Å². The first kappa shape index (κ1) is 20.4. The van der Waals surface area contributed by atoms with Gasteiger partial charge in [-0.15, -0.1) is 0 Å². The van der Waals surface area contributed by atoms with E-state index in [2.05, 4.69) is 27.8 Å². The molecule has 0 saturated carbocycles. The molecule has 154 valence electrons. The Morgan fingerprint density at radius 2 is 2.03 bits per heavy atom. The van der Waals surface area contributed by atoms with Crippen LogP contribution in [0.1, 0.15) is 57.6 Å². The van der Waals surface area contributed by atoms with E-state index in [1.807, 2.05) is 0 Å². The Kier molecular flexibility index (Phi) is 6.53.